The van der Waals surface area contributed by atoms with Crippen LogP contribution in [0.5, 0.6) is 0 Å². The highest BCUT2D eigenvalue weighted by molar-refractivity contribution is 7.09. The van der Waals surface area contributed by atoms with Gasteiger partial charge in [-0.3, -0.25) is 4.98 Å². The van der Waals surface area contributed by atoms with Crippen LogP contribution in [0.3, 0.4) is 0 Å². The lowest BCUT2D eigenvalue weighted by molar-refractivity contribution is 0.629. The topological polar surface area (TPSA) is 37.8 Å². The molecule has 0 saturated carbocycles. The lowest BCUT2D eigenvalue weighted by atomic mass is 10.1. The molecule has 5 heteroatoms. The van der Waals surface area contributed by atoms with E-state index in [2.05, 4.69) is 34.5 Å². The third-order valence-electron chi connectivity index (χ3n) is 3.59. The first-order valence-corrected chi connectivity index (χ1v) is 8.22. The highest BCUT2D eigenvalue weighted by atomic mass is 32.1. The summed E-state index contributed by atoms with van der Waals surface area (Å²) in [5.41, 5.74) is 3.60. The zero-order valence-electron chi connectivity index (χ0n) is 12.9. The summed E-state index contributed by atoms with van der Waals surface area (Å²) < 4.78 is 13.6. The molecule has 1 unspecified atom stereocenters. The molecule has 22 heavy (non-hydrogen) atoms. The Kier molecular flexibility index (Phi) is 4.07. The number of benzene rings is 1. The highest BCUT2D eigenvalue weighted by Gasteiger charge is 2.12. The van der Waals surface area contributed by atoms with E-state index < -0.39 is 0 Å². The fourth-order valence-corrected chi connectivity index (χ4v) is 3.28. The van der Waals surface area contributed by atoms with Gasteiger partial charge in [0.1, 0.15) is 5.82 Å². The number of nitrogens with zero attached hydrogens (tertiary/aromatic N) is 2. The lowest BCUT2D eigenvalue weighted by Crippen LogP contribution is -2.08. The summed E-state index contributed by atoms with van der Waals surface area (Å²) in [5.74, 6) is -0.254. The van der Waals surface area contributed by atoms with Crippen LogP contribution in [-0.4, -0.2) is 9.97 Å². The van der Waals surface area contributed by atoms with Crippen LogP contribution in [0.4, 0.5) is 10.1 Å². The van der Waals surface area contributed by atoms with Crippen LogP contribution in [0.2, 0.25) is 0 Å². The maximum atomic E-state index is 13.6. The zero-order valence-corrected chi connectivity index (χ0v) is 13.7. The van der Waals surface area contributed by atoms with Gasteiger partial charge in [-0.2, -0.15) is 0 Å². The number of hydrogen-bond acceptors (Lipinski definition) is 4. The van der Waals surface area contributed by atoms with E-state index >= 15 is 0 Å². The van der Waals surface area contributed by atoms with Crippen LogP contribution >= 0.6 is 11.3 Å². The molecular weight excluding hydrogens is 297 g/mol. The molecule has 0 bridgehead atoms. The van der Waals surface area contributed by atoms with Gasteiger partial charge in [-0.1, -0.05) is 6.92 Å². The Morgan fingerprint density at radius 3 is 2.82 bits per heavy atom. The van der Waals surface area contributed by atoms with Crippen molar-refractivity contribution in [1.82, 2.24) is 9.97 Å². The van der Waals surface area contributed by atoms with Crippen LogP contribution in [0.1, 0.15) is 36.3 Å². The Balaban J connectivity index is 1.97. The van der Waals surface area contributed by atoms with E-state index in [4.69, 9.17) is 0 Å². The van der Waals surface area contributed by atoms with E-state index in [0.29, 0.717) is 0 Å². The standard InChI is InChI=1S/C17H18FN3S/c1-4-17-21-16(9-22-17)11(3)20-15-7-10(2)19-14-6-5-12(18)8-13(14)15/h5-9,11H,4H2,1-3H3,(H,19,20). The Hall–Kier alpha value is -2.01. The number of aryl methyl sites for hydroxylation is 2. The summed E-state index contributed by atoms with van der Waals surface area (Å²) in [6.45, 7) is 6.11. The molecule has 3 nitrogen and oxygen atoms in total. The first-order valence-electron chi connectivity index (χ1n) is 7.34. The summed E-state index contributed by atoms with van der Waals surface area (Å²) in [5, 5.41) is 7.45. The van der Waals surface area contributed by atoms with Crippen LogP contribution in [0.25, 0.3) is 10.9 Å². The van der Waals surface area contributed by atoms with Crippen molar-refractivity contribution < 1.29 is 4.39 Å². The number of halogens is 1. The molecule has 114 valence electrons. The SMILES string of the molecule is CCc1nc(C(C)Nc2cc(C)nc3ccc(F)cc23)cs1. The van der Waals surface area contributed by atoms with Crippen LogP contribution in [0.15, 0.2) is 29.6 Å². The molecule has 1 atom stereocenters. The fourth-order valence-electron chi connectivity index (χ4n) is 2.44. The molecule has 0 spiro atoms. The molecule has 2 heterocycles. The van der Waals surface area contributed by atoms with Gasteiger partial charge in [0.05, 0.1) is 22.3 Å². The van der Waals surface area contributed by atoms with Gasteiger partial charge in [0.15, 0.2) is 0 Å². The van der Waals surface area contributed by atoms with Gasteiger partial charge in [0.25, 0.3) is 0 Å². The predicted octanol–water partition coefficient (Wildman–Crippen LogP) is 4.87. The van der Waals surface area contributed by atoms with Crippen molar-refractivity contribution in [3.8, 4) is 0 Å². The van der Waals surface area contributed by atoms with Gasteiger partial charge < -0.3 is 5.32 Å². The Morgan fingerprint density at radius 2 is 2.09 bits per heavy atom. The summed E-state index contributed by atoms with van der Waals surface area (Å²) in [7, 11) is 0. The van der Waals surface area contributed by atoms with Gasteiger partial charge in [0, 0.05) is 22.1 Å². The average molecular weight is 315 g/mol. The third kappa shape index (κ3) is 2.95. The molecule has 0 saturated heterocycles. The van der Waals surface area contributed by atoms with Crippen molar-refractivity contribution >= 4 is 27.9 Å². The van der Waals surface area contributed by atoms with E-state index in [9.17, 15) is 4.39 Å². The molecule has 1 N–H and O–H groups in total. The van der Waals surface area contributed by atoms with E-state index in [1.807, 2.05) is 13.0 Å². The quantitative estimate of drug-likeness (QED) is 0.746. The number of fused-ring (bicyclic) bond motifs is 1. The molecule has 3 rings (SSSR count). The number of aromatic nitrogens is 2. The smallest absolute Gasteiger partial charge is 0.124 e. The van der Waals surface area contributed by atoms with Crippen molar-refractivity contribution in [2.45, 2.75) is 33.2 Å². The minimum atomic E-state index is -0.254. The minimum absolute atomic E-state index is 0.0600. The first kappa shape index (κ1) is 14.9. The molecule has 0 aliphatic carbocycles. The van der Waals surface area contributed by atoms with E-state index in [1.165, 1.54) is 12.1 Å². The maximum absolute atomic E-state index is 13.6. The van der Waals surface area contributed by atoms with Crippen molar-refractivity contribution in [2.75, 3.05) is 5.32 Å². The van der Waals surface area contributed by atoms with Crippen LogP contribution < -0.4 is 5.32 Å². The molecule has 0 aliphatic heterocycles. The van der Waals surface area contributed by atoms with Gasteiger partial charge in [-0.15, -0.1) is 11.3 Å². The van der Waals surface area contributed by atoms with E-state index in [1.54, 1.807) is 17.4 Å². The number of nitrogens with one attached hydrogen (secondary N) is 1. The van der Waals surface area contributed by atoms with Gasteiger partial charge in [-0.05, 0) is 44.5 Å². The number of hydrogen-bond donors (Lipinski definition) is 1. The highest BCUT2D eigenvalue weighted by Crippen LogP contribution is 2.28. The first-order chi connectivity index (χ1) is 10.6. The molecule has 0 aliphatic rings. The Bertz CT molecular complexity index is 813. The largest absolute Gasteiger partial charge is 0.376 e. The minimum Gasteiger partial charge on any atom is -0.376 e. The monoisotopic (exact) mass is 315 g/mol. The van der Waals surface area contributed by atoms with E-state index in [-0.39, 0.29) is 11.9 Å². The number of anilines is 1. The van der Waals surface area contributed by atoms with Crippen LogP contribution in [0, 0.1) is 12.7 Å². The van der Waals surface area contributed by atoms with Gasteiger partial charge >= 0.3 is 0 Å². The van der Waals surface area contributed by atoms with Gasteiger partial charge in [0.2, 0.25) is 0 Å². The third-order valence-corrected chi connectivity index (χ3v) is 4.60. The van der Waals surface area contributed by atoms with Crippen molar-refractivity contribution in [2.24, 2.45) is 0 Å². The Morgan fingerprint density at radius 1 is 1.27 bits per heavy atom. The normalized spacial score (nSPS) is 12.5. The number of pyridine rings is 1. The number of rotatable bonds is 4. The second kappa shape index (κ2) is 6.01. The van der Waals surface area contributed by atoms with Gasteiger partial charge in [-0.25, -0.2) is 9.37 Å². The molecule has 0 radical (unpaired) electrons. The second-order valence-electron chi connectivity index (χ2n) is 5.36. The van der Waals surface area contributed by atoms with Crippen molar-refractivity contribution in [3.63, 3.8) is 0 Å². The molecule has 0 amide bonds. The average Bonchev–Trinajstić information content (AvgIpc) is 2.97. The lowest BCUT2D eigenvalue weighted by Gasteiger charge is -2.16. The van der Waals surface area contributed by atoms with Crippen molar-refractivity contribution in [3.05, 3.63) is 51.9 Å². The second-order valence-corrected chi connectivity index (χ2v) is 6.30. The molecule has 2 aromatic heterocycles. The number of thiazole rings is 1. The Labute approximate surface area is 133 Å². The summed E-state index contributed by atoms with van der Waals surface area (Å²) in [4.78, 5) is 9.07. The fraction of sp³-hybridized carbons (Fsp3) is 0.294. The van der Waals surface area contributed by atoms with E-state index in [0.717, 1.165) is 39.4 Å². The summed E-state index contributed by atoms with van der Waals surface area (Å²) in [6, 6.07) is 6.69. The predicted molar refractivity (Wildman–Crippen MR) is 90.0 cm³/mol. The maximum Gasteiger partial charge on any atom is 0.124 e. The zero-order chi connectivity index (χ0) is 15.7. The molecule has 0 fully saturated rings. The molecular formula is C17H18FN3S. The summed E-state index contributed by atoms with van der Waals surface area (Å²) >= 11 is 1.67. The van der Waals surface area contributed by atoms with Crippen molar-refractivity contribution in [1.29, 1.82) is 0 Å². The van der Waals surface area contributed by atoms with Crippen LogP contribution in [-0.2, 0) is 6.42 Å². The molecule has 1 aromatic carbocycles. The molecule has 3 aromatic rings. The summed E-state index contributed by atoms with van der Waals surface area (Å²) in [6.07, 6.45) is 0.944.